The second-order valence-corrected chi connectivity index (χ2v) is 14.1. The lowest BCUT2D eigenvalue weighted by atomic mass is 9.78. The molecular weight excluding hydrogens is 570 g/mol. The predicted octanol–water partition coefficient (Wildman–Crippen LogP) is 2.37. The van der Waals surface area contributed by atoms with E-state index in [1.807, 2.05) is 46.8 Å². The number of alkyl carbamates (subject to hydrolysis) is 1. The number of hydrogen-bond donors (Lipinski definition) is 4. The van der Waals surface area contributed by atoms with Gasteiger partial charge in [0.2, 0.25) is 0 Å². The minimum atomic E-state index is -1.76. The zero-order valence-corrected chi connectivity index (χ0v) is 29.1. The molecule has 0 aliphatic carbocycles. The van der Waals surface area contributed by atoms with Gasteiger partial charge in [-0.3, -0.25) is 4.79 Å². The van der Waals surface area contributed by atoms with Gasteiger partial charge in [-0.15, -0.1) is 0 Å². The number of aliphatic hydroxyl groups is 3. The number of likely N-dealkylation sites (N-methyl/N-ethyl adjacent to an activating group) is 1. The molecule has 2 aliphatic rings. The van der Waals surface area contributed by atoms with E-state index in [1.54, 1.807) is 27.7 Å². The molecular formula is C32H61N3O9. The Morgan fingerprint density at radius 3 is 2.30 bits per heavy atom. The van der Waals surface area contributed by atoms with Crippen LogP contribution >= 0.6 is 0 Å². The number of nitrogens with one attached hydrogen (secondary N) is 1. The lowest BCUT2D eigenvalue weighted by Crippen LogP contribution is -2.59. The van der Waals surface area contributed by atoms with E-state index in [0.29, 0.717) is 19.4 Å². The topological polar surface area (TPSA) is 150 Å². The van der Waals surface area contributed by atoms with E-state index in [-0.39, 0.29) is 24.5 Å². The van der Waals surface area contributed by atoms with Crippen LogP contribution in [0.1, 0.15) is 81.1 Å². The monoisotopic (exact) mass is 631 g/mol. The molecule has 2 rings (SSSR count). The maximum atomic E-state index is 13.7. The molecule has 1 amide bonds. The number of carbonyl (C=O) groups is 2. The van der Waals surface area contributed by atoms with E-state index in [2.05, 4.69) is 10.2 Å². The van der Waals surface area contributed by atoms with E-state index in [0.717, 1.165) is 6.42 Å². The molecule has 4 N–H and O–H groups in total. The zero-order chi connectivity index (χ0) is 33.7. The normalized spacial score (nSPS) is 43.9. The first-order valence-corrected chi connectivity index (χ1v) is 16.2. The molecule has 13 atom stereocenters. The van der Waals surface area contributed by atoms with Crippen molar-refractivity contribution in [2.45, 2.75) is 141 Å². The van der Waals surface area contributed by atoms with E-state index in [4.69, 9.17) is 18.9 Å². The maximum Gasteiger partial charge on any atom is 0.407 e. The third-order valence-electron chi connectivity index (χ3n) is 9.80. The predicted molar refractivity (Wildman–Crippen MR) is 167 cm³/mol. The van der Waals surface area contributed by atoms with Crippen LogP contribution in [0.15, 0.2) is 0 Å². The fraction of sp³-hybridized carbons (Fsp3) is 0.938. The number of amides is 1. The summed E-state index contributed by atoms with van der Waals surface area (Å²) >= 11 is 0. The van der Waals surface area contributed by atoms with Gasteiger partial charge in [-0.1, -0.05) is 20.8 Å². The lowest BCUT2D eigenvalue weighted by molar-refractivity contribution is -0.267. The summed E-state index contributed by atoms with van der Waals surface area (Å²) < 4.78 is 24.5. The van der Waals surface area contributed by atoms with Crippen molar-refractivity contribution in [2.75, 3.05) is 34.7 Å². The Bertz CT molecular complexity index is 933. The minimum absolute atomic E-state index is 0.0743. The van der Waals surface area contributed by atoms with Gasteiger partial charge in [-0.05, 0) is 80.9 Å². The molecule has 12 heteroatoms. The Balaban J connectivity index is 2.63. The van der Waals surface area contributed by atoms with Crippen molar-refractivity contribution in [3.05, 3.63) is 0 Å². The molecule has 2 fully saturated rings. The summed E-state index contributed by atoms with van der Waals surface area (Å²) in [5.74, 6) is -2.48. The second-order valence-electron chi connectivity index (χ2n) is 14.1. The van der Waals surface area contributed by atoms with Gasteiger partial charge < -0.3 is 49.4 Å². The first-order valence-electron chi connectivity index (χ1n) is 16.2. The summed E-state index contributed by atoms with van der Waals surface area (Å²) in [6.45, 7) is 14.6. The van der Waals surface area contributed by atoms with Crippen molar-refractivity contribution in [1.29, 1.82) is 0 Å². The Hall–Kier alpha value is -1.54. The van der Waals surface area contributed by atoms with E-state index < -0.39 is 71.8 Å². The van der Waals surface area contributed by atoms with Gasteiger partial charge >= 0.3 is 12.1 Å². The lowest BCUT2D eigenvalue weighted by Gasteiger charge is -2.45. The van der Waals surface area contributed by atoms with Crippen LogP contribution in [-0.4, -0.2) is 132 Å². The van der Waals surface area contributed by atoms with Gasteiger partial charge in [-0.2, -0.15) is 0 Å². The van der Waals surface area contributed by atoms with Crippen molar-refractivity contribution in [3.8, 4) is 0 Å². The van der Waals surface area contributed by atoms with Crippen molar-refractivity contribution >= 4 is 12.1 Å². The van der Waals surface area contributed by atoms with Gasteiger partial charge in [-0.25, -0.2) is 4.79 Å². The van der Waals surface area contributed by atoms with E-state index in [1.165, 1.54) is 14.0 Å². The highest BCUT2D eigenvalue weighted by Crippen LogP contribution is 2.37. The molecule has 2 heterocycles. The molecule has 0 radical (unpaired) electrons. The van der Waals surface area contributed by atoms with Gasteiger partial charge in [0.25, 0.3) is 0 Å². The van der Waals surface area contributed by atoms with Crippen molar-refractivity contribution < 1.29 is 43.9 Å². The first kappa shape index (κ1) is 38.6. The number of ether oxygens (including phenoxy) is 4. The summed E-state index contributed by atoms with van der Waals surface area (Å²) in [4.78, 5) is 30.4. The molecule has 0 bridgehead atoms. The van der Waals surface area contributed by atoms with E-state index in [9.17, 15) is 24.9 Å². The summed E-state index contributed by atoms with van der Waals surface area (Å²) in [6.07, 6.45) is -3.75. The third-order valence-corrected chi connectivity index (χ3v) is 9.80. The number of rotatable bonds is 5. The average Bonchev–Trinajstić information content (AvgIpc) is 2.94. The molecule has 0 saturated carbocycles. The van der Waals surface area contributed by atoms with Crippen LogP contribution in [0, 0.1) is 17.8 Å². The van der Waals surface area contributed by atoms with Gasteiger partial charge in [0.15, 0.2) is 6.29 Å². The Morgan fingerprint density at radius 1 is 1.14 bits per heavy atom. The highest BCUT2D eigenvalue weighted by molar-refractivity contribution is 5.74. The Labute approximate surface area is 264 Å². The summed E-state index contributed by atoms with van der Waals surface area (Å²) in [7, 11) is 7.31. The molecule has 0 aromatic heterocycles. The molecule has 0 aromatic rings. The van der Waals surface area contributed by atoms with Crippen LogP contribution in [0.5, 0.6) is 0 Å². The standard InChI is InChI=1S/C32H61N3O9/c1-13-24-32(8,40)27(36)22(6)35(12)17-18(2)16-31(7,39)28(43-25-15-23(34(10)11)14-19(3)41-25)20(4)26(44-30(38)33-9)21(5)29(37)42-24/h18-28,36,39-40H,13-17H2,1-12H3,(H,33,38)/t18-,19-,20+,21-,22-,23+,24-,25+,26+,27-,28-,31-,32-/m1/s1. The van der Waals surface area contributed by atoms with Crippen LogP contribution in [0.25, 0.3) is 0 Å². The average molecular weight is 632 g/mol. The molecule has 44 heavy (non-hydrogen) atoms. The first-order chi connectivity index (χ1) is 20.3. The second kappa shape index (κ2) is 15.8. The zero-order valence-electron chi connectivity index (χ0n) is 29.1. The number of esters is 1. The highest BCUT2D eigenvalue weighted by atomic mass is 16.7. The number of carbonyl (C=O) groups excluding carboxylic acids is 2. The number of hydrogen-bond acceptors (Lipinski definition) is 11. The van der Waals surface area contributed by atoms with Crippen LogP contribution in [0.4, 0.5) is 4.79 Å². The molecule has 2 aliphatic heterocycles. The number of nitrogens with zero attached hydrogens (tertiary/aromatic N) is 2. The van der Waals surface area contributed by atoms with Crippen molar-refractivity contribution in [2.24, 2.45) is 17.8 Å². The Morgan fingerprint density at radius 2 is 1.75 bits per heavy atom. The molecule has 0 aromatic carbocycles. The molecule has 0 unspecified atom stereocenters. The third kappa shape index (κ3) is 9.49. The molecule has 12 nitrogen and oxygen atoms in total. The summed E-state index contributed by atoms with van der Waals surface area (Å²) in [5, 5.41) is 37.4. The van der Waals surface area contributed by atoms with Gasteiger partial charge in [0.05, 0.1) is 23.7 Å². The minimum Gasteiger partial charge on any atom is -0.459 e. The van der Waals surface area contributed by atoms with E-state index >= 15 is 0 Å². The van der Waals surface area contributed by atoms with Crippen molar-refractivity contribution in [1.82, 2.24) is 15.1 Å². The summed E-state index contributed by atoms with van der Waals surface area (Å²) in [5.41, 5.74) is -3.20. The largest absolute Gasteiger partial charge is 0.459 e. The number of cyclic esters (lactones) is 1. The Kier molecular flexibility index (Phi) is 13.9. The fourth-order valence-corrected chi connectivity index (χ4v) is 7.06. The van der Waals surface area contributed by atoms with Crippen LogP contribution in [0.2, 0.25) is 0 Å². The molecule has 0 spiro atoms. The van der Waals surface area contributed by atoms with Gasteiger partial charge in [0, 0.05) is 38.0 Å². The maximum absolute atomic E-state index is 13.7. The van der Waals surface area contributed by atoms with Crippen LogP contribution in [0.3, 0.4) is 0 Å². The summed E-state index contributed by atoms with van der Waals surface area (Å²) in [6, 6.07) is -0.291. The molecule has 258 valence electrons. The molecule has 2 saturated heterocycles. The SMILES string of the molecule is CC[C@H]1OC(=O)[C@H](C)[C@@H](OC(=O)NC)[C@H](C)[C@@H](O[C@H]2C[C@@H](N(C)C)C[C@@H](C)O2)[C@](C)(O)C[C@@H](C)CN(C)[C@H](C)[C@@H](O)[C@]1(C)O. The smallest absolute Gasteiger partial charge is 0.407 e. The highest BCUT2D eigenvalue weighted by Gasteiger charge is 2.50. The van der Waals surface area contributed by atoms with Gasteiger partial charge in [0.1, 0.15) is 23.9 Å². The number of aliphatic hydroxyl groups excluding tert-OH is 1. The quantitative estimate of drug-likeness (QED) is 0.331. The fourth-order valence-electron chi connectivity index (χ4n) is 7.06. The van der Waals surface area contributed by atoms with Crippen LogP contribution < -0.4 is 5.32 Å². The van der Waals surface area contributed by atoms with Crippen LogP contribution in [-0.2, 0) is 23.7 Å². The van der Waals surface area contributed by atoms with Crippen molar-refractivity contribution in [3.63, 3.8) is 0 Å².